The molecule has 0 amide bonds. The Balaban J connectivity index is 2.24. The van der Waals surface area contributed by atoms with Crippen molar-refractivity contribution in [1.29, 1.82) is 0 Å². The van der Waals surface area contributed by atoms with Crippen LogP contribution in [0.2, 0.25) is 0 Å². The quantitative estimate of drug-likeness (QED) is 0.803. The van der Waals surface area contributed by atoms with E-state index in [0.29, 0.717) is 0 Å². The maximum absolute atomic E-state index is 5.23. The van der Waals surface area contributed by atoms with Gasteiger partial charge in [-0.2, -0.15) is 0 Å². The van der Waals surface area contributed by atoms with Gasteiger partial charge in [-0.05, 0) is 12.1 Å². The molecule has 1 aromatic heterocycles. The Morgan fingerprint density at radius 3 is 2.93 bits per heavy atom. The molecule has 1 heterocycles. The van der Waals surface area contributed by atoms with Crippen LogP contribution < -0.4 is 4.74 Å². The summed E-state index contributed by atoms with van der Waals surface area (Å²) in [5.41, 5.74) is 1.72. The average Bonchev–Trinajstić information content (AvgIpc) is 2.71. The molecule has 0 unspecified atom stereocenters. The second-order valence-electron chi connectivity index (χ2n) is 2.46. The first kappa shape index (κ1) is 9.48. The second-order valence-corrected chi connectivity index (χ2v) is 4.58. The number of aromatic nitrogens is 2. The molecule has 0 bridgehead atoms. The Bertz CT molecular complexity index is 403. The summed E-state index contributed by atoms with van der Waals surface area (Å²) >= 11 is 3.09. The van der Waals surface area contributed by atoms with Crippen molar-refractivity contribution in [1.82, 2.24) is 10.2 Å². The van der Waals surface area contributed by atoms with Gasteiger partial charge in [0.2, 0.25) is 0 Å². The topological polar surface area (TPSA) is 35.0 Å². The van der Waals surface area contributed by atoms with Crippen LogP contribution in [0.1, 0.15) is 0 Å². The number of ether oxygens (including phenoxy) is 1. The fraction of sp³-hybridized carbons (Fsp3) is 0.111. The minimum Gasteiger partial charge on any atom is -0.496 e. The Morgan fingerprint density at radius 2 is 2.21 bits per heavy atom. The first-order valence-electron chi connectivity index (χ1n) is 3.97. The highest BCUT2D eigenvalue weighted by Gasteiger charge is 2.05. The van der Waals surface area contributed by atoms with Gasteiger partial charge < -0.3 is 4.74 Å². The molecular weight excluding hydrogens is 216 g/mol. The van der Waals surface area contributed by atoms with Gasteiger partial charge in [0.25, 0.3) is 0 Å². The summed E-state index contributed by atoms with van der Waals surface area (Å²) in [6.07, 6.45) is 0. The number of hydrogen-bond donors (Lipinski definition) is 0. The van der Waals surface area contributed by atoms with Crippen molar-refractivity contribution < 1.29 is 4.74 Å². The van der Waals surface area contributed by atoms with E-state index in [9.17, 15) is 0 Å². The van der Waals surface area contributed by atoms with Crippen LogP contribution in [0.5, 0.6) is 5.75 Å². The van der Waals surface area contributed by atoms with Gasteiger partial charge in [-0.25, -0.2) is 0 Å². The summed E-state index contributed by atoms with van der Waals surface area (Å²) in [5, 5.41) is 7.74. The fourth-order valence-corrected chi connectivity index (χ4v) is 2.55. The van der Waals surface area contributed by atoms with Crippen molar-refractivity contribution in [2.75, 3.05) is 7.11 Å². The summed E-state index contributed by atoms with van der Waals surface area (Å²) in [6.45, 7) is 0. The van der Waals surface area contributed by atoms with Gasteiger partial charge in [0.1, 0.15) is 11.3 Å². The van der Waals surface area contributed by atoms with E-state index in [4.69, 9.17) is 4.74 Å². The molecule has 0 aliphatic heterocycles. The van der Waals surface area contributed by atoms with E-state index in [-0.39, 0.29) is 0 Å². The number of hydrogen-bond acceptors (Lipinski definition) is 5. The van der Waals surface area contributed by atoms with E-state index in [0.717, 1.165) is 15.0 Å². The predicted molar refractivity (Wildman–Crippen MR) is 57.0 cm³/mol. The third-order valence-electron chi connectivity index (χ3n) is 1.61. The van der Waals surface area contributed by atoms with Crippen LogP contribution in [-0.4, -0.2) is 17.3 Å². The molecule has 2 aromatic rings. The summed E-state index contributed by atoms with van der Waals surface area (Å²) in [6, 6.07) is 7.86. The third kappa shape index (κ3) is 2.05. The van der Waals surface area contributed by atoms with E-state index >= 15 is 0 Å². The lowest BCUT2D eigenvalue weighted by atomic mass is 10.3. The van der Waals surface area contributed by atoms with Gasteiger partial charge in [-0.15, -0.1) is 10.2 Å². The van der Waals surface area contributed by atoms with Crippen LogP contribution in [0.3, 0.4) is 0 Å². The number of rotatable bonds is 3. The number of nitrogens with zero attached hydrogens (tertiary/aromatic N) is 2. The zero-order chi connectivity index (χ0) is 9.80. The van der Waals surface area contributed by atoms with Gasteiger partial charge in [-0.3, -0.25) is 0 Å². The van der Waals surface area contributed by atoms with E-state index in [2.05, 4.69) is 10.2 Å². The molecule has 0 N–H and O–H groups in total. The van der Waals surface area contributed by atoms with Crippen molar-refractivity contribution >= 4 is 23.1 Å². The van der Waals surface area contributed by atoms with Crippen molar-refractivity contribution in [3.05, 3.63) is 29.8 Å². The van der Waals surface area contributed by atoms with Crippen LogP contribution in [0, 0.1) is 0 Å². The average molecular weight is 224 g/mol. The van der Waals surface area contributed by atoms with Gasteiger partial charge in [0.05, 0.1) is 12.0 Å². The van der Waals surface area contributed by atoms with Crippen molar-refractivity contribution in [2.24, 2.45) is 0 Å². The molecule has 5 heteroatoms. The zero-order valence-corrected chi connectivity index (χ0v) is 9.14. The number of methoxy groups -OCH3 is 1. The van der Waals surface area contributed by atoms with Crippen LogP contribution in [-0.2, 0) is 0 Å². The van der Waals surface area contributed by atoms with Crippen LogP contribution >= 0.6 is 23.1 Å². The summed E-state index contributed by atoms with van der Waals surface area (Å²) < 4.78 is 6.16. The molecule has 0 aliphatic carbocycles. The monoisotopic (exact) mass is 224 g/mol. The third-order valence-corrected chi connectivity index (χ3v) is 3.44. The smallest absolute Gasteiger partial charge is 0.178 e. The Morgan fingerprint density at radius 1 is 1.36 bits per heavy atom. The van der Waals surface area contributed by atoms with E-state index < -0.39 is 0 Å². The minimum atomic E-state index is 0.868. The van der Waals surface area contributed by atoms with E-state index in [1.165, 1.54) is 11.3 Å². The maximum atomic E-state index is 5.23. The highest BCUT2D eigenvalue weighted by Crippen LogP contribution is 2.34. The molecule has 3 nitrogen and oxygen atoms in total. The van der Waals surface area contributed by atoms with Crippen molar-refractivity contribution in [3.8, 4) is 5.75 Å². The lowest BCUT2D eigenvalue weighted by Gasteiger charge is -2.04. The van der Waals surface area contributed by atoms with Gasteiger partial charge in [-0.1, -0.05) is 35.2 Å². The molecule has 72 valence electrons. The van der Waals surface area contributed by atoms with E-state index in [1.807, 2.05) is 24.3 Å². The van der Waals surface area contributed by atoms with Gasteiger partial charge in [0.15, 0.2) is 4.34 Å². The Hall–Kier alpha value is -1.07. The standard InChI is InChI=1S/C9H8N2OS2/c1-12-7-4-2-3-5-8(7)14-9-11-10-6-13-9/h2-6H,1H3. The molecule has 0 spiro atoms. The van der Waals surface area contributed by atoms with E-state index in [1.54, 1.807) is 24.4 Å². The van der Waals surface area contributed by atoms with Crippen molar-refractivity contribution in [2.45, 2.75) is 9.24 Å². The minimum absolute atomic E-state index is 0.868. The molecule has 14 heavy (non-hydrogen) atoms. The zero-order valence-electron chi connectivity index (χ0n) is 7.51. The molecule has 0 aliphatic rings. The van der Waals surface area contributed by atoms with Crippen LogP contribution in [0.25, 0.3) is 0 Å². The van der Waals surface area contributed by atoms with Crippen LogP contribution in [0.15, 0.2) is 39.0 Å². The summed E-state index contributed by atoms with van der Waals surface area (Å²) in [7, 11) is 1.67. The molecule has 0 radical (unpaired) electrons. The summed E-state index contributed by atoms with van der Waals surface area (Å²) in [4.78, 5) is 1.06. The fourth-order valence-electron chi connectivity index (χ4n) is 1.00. The molecule has 0 saturated heterocycles. The van der Waals surface area contributed by atoms with Gasteiger partial charge in [0, 0.05) is 0 Å². The Labute approximate surface area is 90.1 Å². The molecule has 0 saturated carbocycles. The number of benzene rings is 1. The molecular formula is C9H8N2OS2. The molecule has 2 rings (SSSR count). The first-order valence-corrected chi connectivity index (χ1v) is 5.67. The summed E-state index contributed by atoms with van der Waals surface area (Å²) in [5.74, 6) is 0.868. The predicted octanol–water partition coefficient (Wildman–Crippen LogP) is 2.70. The molecule has 1 aromatic carbocycles. The normalized spacial score (nSPS) is 10.1. The lowest BCUT2D eigenvalue weighted by Crippen LogP contribution is -1.84. The maximum Gasteiger partial charge on any atom is 0.178 e. The molecule has 0 fully saturated rings. The first-order chi connectivity index (χ1) is 6.90. The SMILES string of the molecule is COc1ccccc1Sc1nncs1. The largest absolute Gasteiger partial charge is 0.496 e. The van der Waals surface area contributed by atoms with Gasteiger partial charge >= 0.3 is 0 Å². The number of para-hydroxylation sites is 1. The molecule has 0 atom stereocenters. The van der Waals surface area contributed by atoms with Crippen molar-refractivity contribution in [3.63, 3.8) is 0 Å². The Kier molecular flexibility index (Phi) is 3.00. The second kappa shape index (κ2) is 4.43. The lowest BCUT2D eigenvalue weighted by molar-refractivity contribution is 0.405. The highest BCUT2D eigenvalue weighted by molar-refractivity contribution is 8.01. The highest BCUT2D eigenvalue weighted by atomic mass is 32.2. The van der Waals surface area contributed by atoms with Crippen LogP contribution in [0.4, 0.5) is 0 Å².